The number of nitrogens with zero attached hydrogens (tertiary/aromatic N) is 4. The maximum atomic E-state index is 12.1. The van der Waals surface area contributed by atoms with Crippen LogP contribution in [0.4, 0.5) is 0 Å². The number of benzene rings is 2. The second-order valence-electron chi connectivity index (χ2n) is 8.43. The van der Waals surface area contributed by atoms with Crippen LogP contribution in [0.15, 0.2) is 42.5 Å². The van der Waals surface area contributed by atoms with Gasteiger partial charge in [-0.15, -0.1) is 10.2 Å². The van der Waals surface area contributed by atoms with Gasteiger partial charge in [0.05, 0.1) is 0 Å². The fraction of sp³-hybridized carbons (Fsp3) is 0.458. The van der Waals surface area contributed by atoms with Gasteiger partial charge in [-0.1, -0.05) is 36.4 Å². The minimum atomic E-state index is -0.279. The van der Waals surface area contributed by atoms with E-state index in [2.05, 4.69) is 67.4 Å². The van der Waals surface area contributed by atoms with Crippen molar-refractivity contribution >= 4 is 16.7 Å². The molecule has 5 rings (SSSR count). The van der Waals surface area contributed by atoms with Crippen LogP contribution in [0.2, 0.25) is 0 Å². The minimum absolute atomic E-state index is 0.00494. The number of fused-ring (bicyclic) bond motifs is 2. The average molecular weight is 420 g/mol. The largest absolute Gasteiger partial charge is 0.368 e. The van der Waals surface area contributed by atoms with Crippen LogP contribution in [0, 0.1) is 0 Å². The van der Waals surface area contributed by atoms with E-state index in [1.165, 1.54) is 16.3 Å². The van der Waals surface area contributed by atoms with Crippen LogP contribution < -0.4 is 5.32 Å². The summed E-state index contributed by atoms with van der Waals surface area (Å²) in [6.45, 7) is 5.01. The van der Waals surface area contributed by atoms with Gasteiger partial charge in [0, 0.05) is 52.2 Å². The van der Waals surface area contributed by atoms with Crippen LogP contribution in [-0.4, -0.2) is 57.9 Å². The summed E-state index contributed by atoms with van der Waals surface area (Å²) in [5.41, 5.74) is 1.34. The van der Waals surface area contributed by atoms with E-state index in [1.807, 2.05) is 0 Å². The van der Waals surface area contributed by atoms with Gasteiger partial charge in [-0.3, -0.25) is 9.69 Å². The molecule has 31 heavy (non-hydrogen) atoms. The molecule has 3 aromatic rings. The third-order valence-corrected chi connectivity index (χ3v) is 6.29. The van der Waals surface area contributed by atoms with Gasteiger partial charge in [0.1, 0.15) is 17.8 Å². The molecule has 7 nitrogen and oxygen atoms in total. The van der Waals surface area contributed by atoms with Crippen LogP contribution in [0.1, 0.15) is 30.1 Å². The third kappa shape index (κ3) is 4.62. The summed E-state index contributed by atoms with van der Waals surface area (Å²) >= 11 is 0. The Kier molecular flexibility index (Phi) is 5.95. The van der Waals surface area contributed by atoms with Crippen molar-refractivity contribution < 1.29 is 9.53 Å². The summed E-state index contributed by atoms with van der Waals surface area (Å²) in [5, 5.41) is 14.4. The summed E-state index contributed by atoms with van der Waals surface area (Å²) in [4.78, 5) is 14.6. The first-order valence-electron chi connectivity index (χ1n) is 11.3. The molecule has 2 aromatic carbocycles. The van der Waals surface area contributed by atoms with Crippen LogP contribution in [0.25, 0.3) is 10.8 Å². The summed E-state index contributed by atoms with van der Waals surface area (Å²) < 4.78 is 7.68. The van der Waals surface area contributed by atoms with Crippen molar-refractivity contribution in [2.45, 2.75) is 44.9 Å². The standard InChI is InChI=1S/C24H29N5O2/c30-24(21-6-3-15-31-21)25-11-9-22-26-27-23-10-12-28(13-14-29(22)23)17-18-7-8-19-4-1-2-5-20(19)16-18/h1-2,4-5,7-8,16,21H,3,6,9-15,17H2,(H,25,30)/t21-/m1/s1. The smallest absolute Gasteiger partial charge is 0.249 e. The Morgan fingerprint density at radius 2 is 2.00 bits per heavy atom. The summed E-state index contributed by atoms with van der Waals surface area (Å²) in [6.07, 6.45) is 3.09. The van der Waals surface area contributed by atoms with Crippen LogP contribution in [0.5, 0.6) is 0 Å². The molecule has 3 heterocycles. The average Bonchev–Trinajstić information content (AvgIpc) is 3.42. The monoisotopic (exact) mass is 419 g/mol. The fourth-order valence-electron chi connectivity index (χ4n) is 4.56. The second kappa shape index (κ2) is 9.16. The van der Waals surface area contributed by atoms with Crippen molar-refractivity contribution in [2.75, 3.05) is 26.2 Å². The maximum absolute atomic E-state index is 12.1. The van der Waals surface area contributed by atoms with E-state index in [-0.39, 0.29) is 12.0 Å². The molecule has 1 N–H and O–H groups in total. The molecule has 1 atom stereocenters. The first-order valence-corrected chi connectivity index (χ1v) is 11.3. The molecular formula is C24H29N5O2. The molecule has 0 bridgehead atoms. The van der Waals surface area contributed by atoms with Gasteiger partial charge in [0.2, 0.25) is 5.91 Å². The van der Waals surface area contributed by atoms with Crippen LogP contribution >= 0.6 is 0 Å². The molecule has 1 saturated heterocycles. The summed E-state index contributed by atoms with van der Waals surface area (Å²) in [5.74, 6) is 1.99. The molecule has 0 aliphatic carbocycles. The Hall–Kier alpha value is -2.77. The molecule has 0 spiro atoms. The topological polar surface area (TPSA) is 72.3 Å². The van der Waals surface area contributed by atoms with Gasteiger partial charge >= 0.3 is 0 Å². The van der Waals surface area contributed by atoms with E-state index in [0.29, 0.717) is 19.6 Å². The van der Waals surface area contributed by atoms with Crippen LogP contribution in [0.3, 0.4) is 0 Å². The number of rotatable bonds is 6. The molecule has 2 aliphatic heterocycles. The number of ether oxygens (including phenoxy) is 1. The molecule has 7 heteroatoms. The van der Waals surface area contributed by atoms with E-state index >= 15 is 0 Å². The predicted molar refractivity (Wildman–Crippen MR) is 119 cm³/mol. The highest BCUT2D eigenvalue weighted by molar-refractivity contribution is 5.83. The summed E-state index contributed by atoms with van der Waals surface area (Å²) in [6, 6.07) is 15.2. The molecule has 0 radical (unpaired) electrons. The lowest BCUT2D eigenvalue weighted by Gasteiger charge is -2.20. The number of amides is 1. The Bertz CT molecular complexity index is 1060. The van der Waals surface area contributed by atoms with Gasteiger partial charge in [0.15, 0.2) is 0 Å². The van der Waals surface area contributed by atoms with Crippen molar-refractivity contribution in [3.63, 3.8) is 0 Å². The van der Waals surface area contributed by atoms with Crippen LogP contribution in [-0.2, 0) is 35.5 Å². The van der Waals surface area contributed by atoms with Crippen molar-refractivity contribution in [3.05, 3.63) is 59.7 Å². The first kappa shape index (κ1) is 20.2. The number of nitrogens with one attached hydrogen (secondary N) is 1. The van der Waals surface area contributed by atoms with Gasteiger partial charge in [0.25, 0.3) is 0 Å². The van der Waals surface area contributed by atoms with Crippen molar-refractivity contribution in [1.29, 1.82) is 0 Å². The normalized spacial score (nSPS) is 19.3. The highest BCUT2D eigenvalue weighted by atomic mass is 16.5. The quantitative estimate of drug-likeness (QED) is 0.664. The van der Waals surface area contributed by atoms with Gasteiger partial charge in [-0.05, 0) is 35.2 Å². The lowest BCUT2D eigenvalue weighted by molar-refractivity contribution is -0.130. The Balaban J connectivity index is 1.17. The number of aromatic nitrogens is 3. The number of hydrogen-bond acceptors (Lipinski definition) is 5. The van der Waals surface area contributed by atoms with Crippen molar-refractivity contribution in [3.8, 4) is 0 Å². The zero-order valence-corrected chi connectivity index (χ0v) is 17.8. The second-order valence-corrected chi connectivity index (χ2v) is 8.43. The molecule has 1 fully saturated rings. The van der Waals surface area contributed by atoms with E-state index in [4.69, 9.17) is 4.74 Å². The van der Waals surface area contributed by atoms with Gasteiger partial charge in [-0.2, -0.15) is 0 Å². The highest BCUT2D eigenvalue weighted by Gasteiger charge is 2.23. The Morgan fingerprint density at radius 1 is 1.10 bits per heavy atom. The van der Waals surface area contributed by atoms with Crippen molar-refractivity contribution in [1.82, 2.24) is 25.0 Å². The zero-order chi connectivity index (χ0) is 21.0. The maximum Gasteiger partial charge on any atom is 0.249 e. The molecule has 0 unspecified atom stereocenters. The molecular weight excluding hydrogens is 390 g/mol. The predicted octanol–water partition coefficient (Wildman–Crippen LogP) is 2.33. The van der Waals surface area contributed by atoms with Crippen molar-refractivity contribution in [2.24, 2.45) is 0 Å². The van der Waals surface area contributed by atoms with Gasteiger partial charge < -0.3 is 14.6 Å². The minimum Gasteiger partial charge on any atom is -0.368 e. The number of carbonyl (C=O) groups excluding carboxylic acids is 1. The first-order chi connectivity index (χ1) is 15.3. The SMILES string of the molecule is O=C(NCCc1nnc2n1CCN(Cc1ccc3ccccc3c1)CC2)[C@H]1CCCO1. The Labute approximate surface area is 182 Å². The van der Waals surface area contributed by atoms with E-state index in [9.17, 15) is 4.79 Å². The molecule has 2 aliphatic rings. The summed E-state index contributed by atoms with van der Waals surface area (Å²) in [7, 11) is 0. The number of hydrogen-bond donors (Lipinski definition) is 1. The molecule has 0 saturated carbocycles. The number of carbonyl (C=O) groups is 1. The van der Waals surface area contributed by atoms with Gasteiger partial charge in [-0.25, -0.2) is 0 Å². The fourth-order valence-corrected chi connectivity index (χ4v) is 4.56. The Morgan fingerprint density at radius 3 is 2.87 bits per heavy atom. The zero-order valence-electron chi connectivity index (χ0n) is 17.8. The lowest BCUT2D eigenvalue weighted by Crippen LogP contribution is -2.35. The molecule has 162 valence electrons. The molecule has 1 aromatic heterocycles. The van der Waals surface area contributed by atoms with E-state index in [1.54, 1.807) is 0 Å². The lowest BCUT2D eigenvalue weighted by atomic mass is 10.1. The van der Waals surface area contributed by atoms with E-state index in [0.717, 1.165) is 57.1 Å². The highest BCUT2D eigenvalue weighted by Crippen LogP contribution is 2.18. The molecule has 1 amide bonds. The third-order valence-electron chi connectivity index (χ3n) is 6.29. The van der Waals surface area contributed by atoms with E-state index < -0.39 is 0 Å².